The Morgan fingerprint density at radius 1 is 1.14 bits per heavy atom. The van der Waals surface area contributed by atoms with Crippen LogP contribution in [-0.2, 0) is 32.2 Å². The van der Waals surface area contributed by atoms with E-state index >= 15 is 0 Å². The second-order valence-electron chi connectivity index (χ2n) is 8.13. The van der Waals surface area contributed by atoms with Crippen molar-refractivity contribution >= 4 is 27.5 Å². The molecule has 0 aliphatic rings. The predicted octanol–water partition coefficient (Wildman–Crippen LogP) is 5.53. The van der Waals surface area contributed by atoms with Crippen LogP contribution in [-0.4, -0.2) is 45.4 Å². The SMILES string of the molecule is CCCCCS(=O)(=O)NC(=O)CCc1ccc(OCCCOC)cc1Oc1ncc(C(F)(F)F)cc1Cl. The molecule has 1 aromatic carbocycles. The maximum Gasteiger partial charge on any atom is 0.417 e. The molecule has 0 spiro atoms. The van der Waals surface area contributed by atoms with E-state index in [2.05, 4.69) is 9.71 Å². The third-order valence-corrected chi connectivity index (χ3v) is 6.68. The van der Waals surface area contributed by atoms with E-state index in [9.17, 15) is 26.4 Å². The van der Waals surface area contributed by atoms with Crippen LogP contribution in [0, 0.1) is 0 Å². The molecule has 0 atom stereocenters. The number of nitrogens with one attached hydrogen (secondary N) is 1. The molecule has 0 bridgehead atoms. The average molecular weight is 567 g/mol. The van der Waals surface area contributed by atoms with E-state index in [1.54, 1.807) is 19.2 Å². The second-order valence-corrected chi connectivity index (χ2v) is 10.4. The lowest BCUT2D eigenvalue weighted by atomic mass is 10.1. The highest BCUT2D eigenvalue weighted by atomic mass is 35.5. The van der Waals surface area contributed by atoms with Gasteiger partial charge < -0.3 is 14.2 Å². The molecule has 0 aliphatic heterocycles. The molecular formula is C24H30ClF3N2O6S. The number of methoxy groups -OCH3 is 1. The lowest BCUT2D eigenvalue weighted by Gasteiger charge is -2.15. The molecule has 1 N–H and O–H groups in total. The molecule has 0 aliphatic carbocycles. The lowest BCUT2D eigenvalue weighted by molar-refractivity contribution is -0.137. The summed E-state index contributed by atoms with van der Waals surface area (Å²) in [5, 5.41) is -0.358. The number of pyridine rings is 1. The highest BCUT2D eigenvalue weighted by Crippen LogP contribution is 2.36. The van der Waals surface area contributed by atoms with E-state index < -0.39 is 27.7 Å². The molecule has 37 heavy (non-hydrogen) atoms. The molecule has 1 amide bonds. The number of halogens is 4. The van der Waals surface area contributed by atoms with Crippen molar-refractivity contribution in [1.82, 2.24) is 9.71 Å². The van der Waals surface area contributed by atoms with E-state index in [0.29, 0.717) is 49.6 Å². The summed E-state index contributed by atoms with van der Waals surface area (Å²) >= 11 is 5.98. The largest absolute Gasteiger partial charge is 0.493 e. The Hall–Kier alpha value is -2.57. The minimum absolute atomic E-state index is 0.0772. The quantitative estimate of drug-likeness (QED) is 0.283. The summed E-state index contributed by atoms with van der Waals surface area (Å²) < 4.78 is 81.4. The Morgan fingerprint density at radius 2 is 1.89 bits per heavy atom. The third-order valence-electron chi connectivity index (χ3n) is 5.05. The van der Waals surface area contributed by atoms with Gasteiger partial charge in [-0.15, -0.1) is 0 Å². The second kappa shape index (κ2) is 14.4. The number of hydrogen-bond acceptors (Lipinski definition) is 7. The van der Waals surface area contributed by atoms with Crippen LogP contribution in [0.3, 0.4) is 0 Å². The Bertz CT molecular complexity index is 1150. The Balaban J connectivity index is 2.19. The summed E-state index contributed by atoms with van der Waals surface area (Å²) in [7, 11) is -2.18. The van der Waals surface area contributed by atoms with Gasteiger partial charge in [0.05, 0.1) is 17.9 Å². The summed E-state index contributed by atoms with van der Waals surface area (Å²) in [6.45, 7) is 2.77. The highest BCUT2D eigenvalue weighted by Gasteiger charge is 2.32. The molecule has 8 nitrogen and oxygen atoms in total. The first kappa shape index (κ1) is 30.7. The first-order valence-electron chi connectivity index (χ1n) is 11.6. The van der Waals surface area contributed by atoms with Gasteiger partial charge in [0.25, 0.3) is 0 Å². The Morgan fingerprint density at radius 3 is 2.54 bits per heavy atom. The molecule has 1 heterocycles. The molecule has 0 radical (unpaired) electrons. The Kier molecular flexibility index (Phi) is 11.9. The van der Waals surface area contributed by atoms with Gasteiger partial charge in [-0.1, -0.05) is 37.4 Å². The fourth-order valence-electron chi connectivity index (χ4n) is 3.14. The van der Waals surface area contributed by atoms with Crippen molar-refractivity contribution in [2.45, 2.75) is 51.6 Å². The molecule has 0 saturated carbocycles. The first-order valence-corrected chi connectivity index (χ1v) is 13.7. The molecule has 0 saturated heterocycles. The topological polar surface area (TPSA) is 104 Å². The number of unbranched alkanes of at least 4 members (excludes halogenated alkanes) is 2. The average Bonchev–Trinajstić information content (AvgIpc) is 2.81. The van der Waals surface area contributed by atoms with Gasteiger partial charge in [-0.25, -0.2) is 13.4 Å². The maximum absolute atomic E-state index is 13.0. The van der Waals surface area contributed by atoms with Crippen molar-refractivity contribution in [2.24, 2.45) is 0 Å². The van der Waals surface area contributed by atoms with Crippen LogP contribution >= 0.6 is 11.6 Å². The maximum atomic E-state index is 13.0. The van der Waals surface area contributed by atoms with Crippen LogP contribution in [0.5, 0.6) is 17.4 Å². The van der Waals surface area contributed by atoms with Gasteiger partial charge in [0.2, 0.25) is 21.8 Å². The van der Waals surface area contributed by atoms with Crippen molar-refractivity contribution in [3.05, 3.63) is 46.6 Å². The number of carbonyl (C=O) groups is 1. The van der Waals surface area contributed by atoms with Crippen molar-refractivity contribution in [3.8, 4) is 17.4 Å². The summed E-state index contributed by atoms with van der Waals surface area (Å²) in [6, 6.07) is 5.45. The molecule has 2 rings (SSSR count). The number of carbonyl (C=O) groups excluding carboxylic acids is 1. The number of aromatic nitrogens is 1. The normalized spacial score (nSPS) is 11.8. The minimum Gasteiger partial charge on any atom is -0.493 e. The van der Waals surface area contributed by atoms with E-state index in [1.165, 1.54) is 6.07 Å². The van der Waals surface area contributed by atoms with E-state index in [0.717, 1.165) is 12.8 Å². The van der Waals surface area contributed by atoms with Gasteiger partial charge in [0.1, 0.15) is 16.5 Å². The highest BCUT2D eigenvalue weighted by molar-refractivity contribution is 7.90. The lowest BCUT2D eigenvalue weighted by Crippen LogP contribution is -2.32. The number of ether oxygens (including phenoxy) is 3. The zero-order valence-electron chi connectivity index (χ0n) is 20.6. The molecule has 2 aromatic rings. The van der Waals surface area contributed by atoms with Gasteiger partial charge in [0, 0.05) is 38.8 Å². The number of alkyl halides is 3. The first-order chi connectivity index (χ1) is 17.4. The number of amides is 1. The number of rotatable bonds is 15. The molecule has 0 unspecified atom stereocenters. The van der Waals surface area contributed by atoms with Crippen molar-refractivity contribution in [2.75, 3.05) is 26.1 Å². The van der Waals surface area contributed by atoms with Crippen molar-refractivity contribution < 1.29 is 40.6 Å². The smallest absolute Gasteiger partial charge is 0.417 e. The summed E-state index contributed by atoms with van der Waals surface area (Å²) in [6.07, 6.45) is -1.48. The van der Waals surface area contributed by atoms with Crippen LogP contribution in [0.1, 0.15) is 50.2 Å². The van der Waals surface area contributed by atoms with Crippen LogP contribution in [0.25, 0.3) is 0 Å². The predicted molar refractivity (Wildman–Crippen MR) is 133 cm³/mol. The van der Waals surface area contributed by atoms with E-state index in [-0.39, 0.29) is 35.2 Å². The summed E-state index contributed by atoms with van der Waals surface area (Å²) in [4.78, 5) is 16.0. The molecular weight excluding hydrogens is 537 g/mol. The van der Waals surface area contributed by atoms with Crippen LogP contribution < -0.4 is 14.2 Å². The van der Waals surface area contributed by atoms with E-state index in [1.807, 2.05) is 6.92 Å². The minimum atomic E-state index is -4.62. The fourth-order valence-corrected chi connectivity index (χ4v) is 4.48. The number of hydrogen-bond donors (Lipinski definition) is 1. The third kappa shape index (κ3) is 10.7. The number of nitrogens with zero attached hydrogens (tertiary/aromatic N) is 1. The Labute approximate surface area is 219 Å². The van der Waals surface area contributed by atoms with Crippen molar-refractivity contribution in [3.63, 3.8) is 0 Å². The van der Waals surface area contributed by atoms with Crippen molar-refractivity contribution in [1.29, 1.82) is 0 Å². The molecule has 206 valence electrons. The fraction of sp³-hybridized carbons (Fsp3) is 0.500. The van der Waals surface area contributed by atoms with Gasteiger partial charge >= 0.3 is 6.18 Å². The van der Waals surface area contributed by atoms with Gasteiger partial charge in [-0.2, -0.15) is 13.2 Å². The van der Waals surface area contributed by atoms with Crippen LogP contribution in [0.2, 0.25) is 5.02 Å². The van der Waals surface area contributed by atoms with Crippen LogP contribution in [0.15, 0.2) is 30.5 Å². The zero-order valence-corrected chi connectivity index (χ0v) is 22.1. The molecule has 1 aromatic heterocycles. The van der Waals surface area contributed by atoms with Crippen LogP contribution in [0.4, 0.5) is 13.2 Å². The molecule has 0 fully saturated rings. The zero-order chi connectivity index (χ0) is 27.5. The monoisotopic (exact) mass is 566 g/mol. The summed E-state index contributed by atoms with van der Waals surface area (Å²) in [5.74, 6) is -0.546. The number of benzene rings is 1. The standard InChI is InChI=1S/C24H30ClF3N2O6S/c1-3-4-5-13-37(32,33)30-22(31)10-8-17-7-9-19(35-12-6-11-34-2)15-21(17)36-23-20(25)14-18(16-29-23)24(26,27)28/h7,9,14-16H,3-6,8,10-13H2,1-2H3,(H,30,31). The van der Waals surface area contributed by atoms with Gasteiger partial charge in [0.15, 0.2) is 0 Å². The van der Waals surface area contributed by atoms with Gasteiger partial charge in [-0.05, 0) is 30.5 Å². The molecule has 13 heteroatoms. The van der Waals surface area contributed by atoms with E-state index in [4.69, 9.17) is 25.8 Å². The van der Waals surface area contributed by atoms with Gasteiger partial charge in [-0.3, -0.25) is 9.52 Å². The number of aryl methyl sites for hydroxylation is 1. The number of sulfonamides is 1. The summed E-state index contributed by atoms with van der Waals surface area (Å²) in [5.41, 5.74) is -0.558.